The lowest BCUT2D eigenvalue weighted by atomic mass is 10.0. The summed E-state index contributed by atoms with van der Waals surface area (Å²) in [4.78, 5) is 26.1. The second-order valence-electron chi connectivity index (χ2n) is 6.99. The van der Waals surface area contributed by atoms with Gasteiger partial charge in [-0.15, -0.1) is 0 Å². The summed E-state index contributed by atoms with van der Waals surface area (Å²) in [5.74, 6) is -0.398. The second kappa shape index (κ2) is 7.82. The van der Waals surface area contributed by atoms with Crippen LogP contribution in [0.2, 0.25) is 0 Å². The number of anilines is 1. The Kier molecular flexibility index (Phi) is 5.08. The van der Waals surface area contributed by atoms with Gasteiger partial charge < -0.3 is 15.2 Å². The number of benzene rings is 1. The van der Waals surface area contributed by atoms with Crippen molar-refractivity contribution in [2.75, 3.05) is 18.4 Å². The Morgan fingerprint density at radius 1 is 1.14 bits per heavy atom. The van der Waals surface area contributed by atoms with Crippen molar-refractivity contribution in [1.29, 1.82) is 0 Å². The van der Waals surface area contributed by atoms with E-state index in [-0.39, 0.29) is 17.2 Å². The molecule has 0 saturated carbocycles. The number of hydrogen-bond donors (Lipinski definition) is 2. The first-order valence-electron chi connectivity index (χ1n) is 9.48. The van der Waals surface area contributed by atoms with Crippen LogP contribution in [-0.4, -0.2) is 33.3 Å². The average molecular weight is 377 g/mol. The molecule has 0 atom stereocenters. The molecule has 0 spiro atoms. The van der Waals surface area contributed by atoms with Crippen molar-refractivity contribution < 1.29 is 4.79 Å². The number of nitrogens with one attached hydrogen (secondary N) is 2. The van der Waals surface area contributed by atoms with Gasteiger partial charge in [-0.3, -0.25) is 9.59 Å². The summed E-state index contributed by atoms with van der Waals surface area (Å²) in [6.45, 7) is 3.55. The summed E-state index contributed by atoms with van der Waals surface area (Å²) in [5, 5.41) is 10.4. The Morgan fingerprint density at radius 2 is 1.93 bits per heavy atom. The van der Waals surface area contributed by atoms with Gasteiger partial charge in [0.1, 0.15) is 5.56 Å². The number of aromatic nitrogens is 3. The highest BCUT2D eigenvalue weighted by atomic mass is 16.2. The molecule has 1 saturated heterocycles. The first kappa shape index (κ1) is 18.2. The normalized spacial score (nSPS) is 14.8. The molecule has 1 fully saturated rings. The topological polar surface area (TPSA) is 81.0 Å². The summed E-state index contributed by atoms with van der Waals surface area (Å²) >= 11 is 0. The van der Waals surface area contributed by atoms with E-state index in [0.29, 0.717) is 11.3 Å². The van der Waals surface area contributed by atoms with Crippen LogP contribution in [-0.2, 0) is 0 Å². The molecule has 0 bridgehead atoms. The van der Waals surface area contributed by atoms with Crippen molar-refractivity contribution in [3.63, 3.8) is 0 Å². The highest BCUT2D eigenvalue weighted by Crippen LogP contribution is 2.21. The number of rotatable bonds is 4. The molecular weight excluding hydrogens is 354 g/mol. The number of para-hydroxylation sites is 2. The monoisotopic (exact) mass is 377 g/mol. The van der Waals surface area contributed by atoms with Gasteiger partial charge in [-0.05, 0) is 62.7 Å². The van der Waals surface area contributed by atoms with E-state index in [1.165, 1.54) is 0 Å². The van der Waals surface area contributed by atoms with Crippen molar-refractivity contribution in [1.82, 2.24) is 19.7 Å². The highest BCUT2D eigenvalue weighted by molar-refractivity contribution is 6.06. The van der Waals surface area contributed by atoms with Gasteiger partial charge in [0.15, 0.2) is 0 Å². The van der Waals surface area contributed by atoms with E-state index in [9.17, 15) is 9.59 Å². The lowest BCUT2D eigenvalue weighted by molar-refractivity contribution is 0.102. The van der Waals surface area contributed by atoms with Crippen molar-refractivity contribution in [3.8, 4) is 5.69 Å². The Labute approximate surface area is 163 Å². The molecule has 7 heteroatoms. The average Bonchev–Trinajstić information content (AvgIpc) is 3.24. The molecule has 1 aliphatic heterocycles. The van der Waals surface area contributed by atoms with Crippen molar-refractivity contribution in [2.45, 2.75) is 25.8 Å². The lowest BCUT2D eigenvalue weighted by Gasteiger charge is -2.25. The number of piperidine rings is 1. The van der Waals surface area contributed by atoms with Gasteiger partial charge in [0.05, 0.1) is 11.4 Å². The molecular formula is C21H23N5O2. The SMILES string of the molecule is Cc1ccn(C2CCNCC2)c(=O)c1C(=O)Nc1ccccc1-n1cccn1. The molecule has 1 aromatic carbocycles. The predicted octanol–water partition coefficient (Wildman–Crippen LogP) is 2.52. The zero-order valence-corrected chi connectivity index (χ0v) is 15.8. The standard InChI is InChI=1S/C21H23N5O2/c1-15-9-14-25(16-7-11-22-12-8-16)21(28)19(15)20(27)24-17-5-2-3-6-18(17)26-13-4-10-23-26/h2-6,9-10,13-14,16,22H,7-8,11-12H2,1H3,(H,24,27). The van der Waals surface area contributed by atoms with Gasteiger partial charge in [0.2, 0.25) is 0 Å². The van der Waals surface area contributed by atoms with Crippen LogP contribution in [0.5, 0.6) is 0 Å². The molecule has 1 amide bonds. The minimum atomic E-state index is -0.398. The number of amides is 1. The van der Waals surface area contributed by atoms with E-state index >= 15 is 0 Å². The van der Waals surface area contributed by atoms with E-state index in [0.717, 1.165) is 31.6 Å². The van der Waals surface area contributed by atoms with Gasteiger partial charge >= 0.3 is 0 Å². The number of carbonyl (C=O) groups is 1. The van der Waals surface area contributed by atoms with E-state index in [1.54, 1.807) is 28.4 Å². The van der Waals surface area contributed by atoms with Gasteiger partial charge in [0, 0.05) is 24.6 Å². The molecule has 7 nitrogen and oxygen atoms in total. The van der Waals surface area contributed by atoms with Crippen LogP contribution in [0.3, 0.4) is 0 Å². The number of pyridine rings is 1. The van der Waals surface area contributed by atoms with E-state index in [1.807, 2.05) is 42.7 Å². The Hall–Kier alpha value is -3.19. The number of aryl methyl sites for hydroxylation is 1. The van der Waals surface area contributed by atoms with Crippen LogP contribution in [0.25, 0.3) is 5.69 Å². The first-order chi connectivity index (χ1) is 13.6. The van der Waals surface area contributed by atoms with Gasteiger partial charge in [-0.2, -0.15) is 5.10 Å². The summed E-state index contributed by atoms with van der Waals surface area (Å²) in [6, 6.07) is 11.2. The molecule has 2 N–H and O–H groups in total. The lowest BCUT2D eigenvalue weighted by Crippen LogP contribution is -2.37. The van der Waals surface area contributed by atoms with E-state index in [4.69, 9.17) is 0 Å². The Balaban J connectivity index is 1.67. The number of carbonyl (C=O) groups excluding carboxylic acids is 1. The minimum Gasteiger partial charge on any atom is -0.320 e. The van der Waals surface area contributed by atoms with E-state index in [2.05, 4.69) is 15.7 Å². The molecule has 0 aliphatic carbocycles. The van der Waals surface area contributed by atoms with Crippen LogP contribution >= 0.6 is 0 Å². The maximum Gasteiger partial charge on any atom is 0.263 e. The summed E-state index contributed by atoms with van der Waals surface area (Å²) < 4.78 is 3.39. The van der Waals surface area contributed by atoms with Gasteiger partial charge in [-0.1, -0.05) is 12.1 Å². The maximum atomic E-state index is 13.1. The molecule has 3 aromatic rings. The molecule has 144 valence electrons. The highest BCUT2D eigenvalue weighted by Gasteiger charge is 2.22. The second-order valence-corrected chi connectivity index (χ2v) is 6.99. The molecule has 1 aliphatic rings. The summed E-state index contributed by atoms with van der Waals surface area (Å²) in [6.07, 6.45) is 7.06. The third-order valence-corrected chi connectivity index (χ3v) is 5.16. The molecule has 4 rings (SSSR count). The summed E-state index contributed by atoms with van der Waals surface area (Å²) in [5.41, 5.74) is 1.97. The third kappa shape index (κ3) is 3.48. The fourth-order valence-corrected chi connectivity index (χ4v) is 3.66. The zero-order valence-electron chi connectivity index (χ0n) is 15.8. The predicted molar refractivity (Wildman–Crippen MR) is 108 cm³/mol. The van der Waals surface area contributed by atoms with Gasteiger partial charge in [0.25, 0.3) is 11.5 Å². The zero-order chi connectivity index (χ0) is 19.5. The number of nitrogens with zero attached hydrogens (tertiary/aromatic N) is 3. The van der Waals surface area contributed by atoms with Crippen molar-refractivity contribution in [3.05, 3.63) is 76.5 Å². The molecule has 0 unspecified atom stereocenters. The molecule has 3 heterocycles. The minimum absolute atomic E-state index is 0.122. The Morgan fingerprint density at radius 3 is 2.68 bits per heavy atom. The van der Waals surface area contributed by atoms with Crippen LogP contribution < -0.4 is 16.2 Å². The number of hydrogen-bond acceptors (Lipinski definition) is 4. The van der Waals surface area contributed by atoms with E-state index < -0.39 is 5.91 Å². The quantitative estimate of drug-likeness (QED) is 0.732. The van der Waals surface area contributed by atoms with Crippen LogP contribution in [0.1, 0.15) is 34.8 Å². The van der Waals surface area contributed by atoms with Crippen LogP contribution in [0.15, 0.2) is 59.8 Å². The molecule has 2 aromatic heterocycles. The van der Waals surface area contributed by atoms with Crippen molar-refractivity contribution in [2.24, 2.45) is 0 Å². The van der Waals surface area contributed by atoms with Crippen LogP contribution in [0.4, 0.5) is 5.69 Å². The smallest absolute Gasteiger partial charge is 0.263 e. The van der Waals surface area contributed by atoms with Gasteiger partial charge in [-0.25, -0.2) is 4.68 Å². The Bertz CT molecular complexity index is 1030. The van der Waals surface area contributed by atoms with Crippen LogP contribution in [0, 0.1) is 6.92 Å². The fourth-order valence-electron chi connectivity index (χ4n) is 3.66. The first-order valence-corrected chi connectivity index (χ1v) is 9.48. The third-order valence-electron chi connectivity index (χ3n) is 5.16. The largest absolute Gasteiger partial charge is 0.320 e. The summed E-state index contributed by atoms with van der Waals surface area (Å²) in [7, 11) is 0. The maximum absolute atomic E-state index is 13.1. The fraction of sp³-hybridized carbons (Fsp3) is 0.286. The molecule has 0 radical (unpaired) electrons. The van der Waals surface area contributed by atoms with Crippen molar-refractivity contribution >= 4 is 11.6 Å². The molecule has 28 heavy (non-hydrogen) atoms.